The molecule has 3 atom stereocenters. The zero-order valence-corrected chi connectivity index (χ0v) is 16.7. The molecule has 1 fully saturated rings. The van der Waals surface area contributed by atoms with Crippen LogP contribution in [0.15, 0.2) is 36.4 Å². The Morgan fingerprint density at radius 2 is 1.83 bits per heavy atom. The van der Waals surface area contributed by atoms with Crippen LogP contribution in [0.3, 0.4) is 0 Å². The lowest BCUT2D eigenvalue weighted by molar-refractivity contribution is -0.119. The standard InChI is InChI=1S/C21H26N6O2/c1-13(15-7-9-16(29)10-8-15)21-25-24-20-12-11-19(26-27(20)21)23-18-6-4-3-5-17(18)22-14(2)28/h7-13,17-18,29H,3-6H2,1-2H3,(H,22,28)(H,23,26)/t13-,17+,18+/m0/s1. The molecule has 1 saturated carbocycles. The van der Waals surface area contributed by atoms with Gasteiger partial charge in [-0.15, -0.1) is 15.3 Å². The van der Waals surface area contributed by atoms with E-state index in [4.69, 9.17) is 5.10 Å². The molecule has 4 rings (SSSR count). The molecule has 8 heteroatoms. The van der Waals surface area contributed by atoms with Crippen molar-refractivity contribution in [2.75, 3.05) is 5.32 Å². The number of carbonyl (C=O) groups excluding carboxylic acids is 1. The van der Waals surface area contributed by atoms with Crippen LogP contribution in [0, 0.1) is 0 Å². The van der Waals surface area contributed by atoms with Gasteiger partial charge in [-0.3, -0.25) is 4.79 Å². The van der Waals surface area contributed by atoms with Crippen molar-refractivity contribution in [3.8, 4) is 5.75 Å². The number of amides is 1. The van der Waals surface area contributed by atoms with Crippen LogP contribution in [-0.2, 0) is 4.79 Å². The van der Waals surface area contributed by atoms with Crippen LogP contribution in [0.2, 0.25) is 0 Å². The number of benzene rings is 1. The SMILES string of the molecule is CC(=O)N[C@@H]1CCCC[C@H]1Nc1ccc2nnc([C@@H](C)c3ccc(O)cc3)n2n1. The molecule has 1 aliphatic carbocycles. The Kier molecular flexibility index (Phi) is 5.33. The van der Waals surface area contributed by atoms with E-state index < -0.39 is 0 Å². The third-order valence-electron chi connectivity index (χ3n) is 5.56. The molecule has 0 aliphatic heterocycles. The molecule has 0 spiro atoms. The summed E-state index contributed by atoms with van der Waals surface area (Å²) in [5.74, 6) is 1.67. The van der Waals surface area contributed by atoms with Crippen molar-refractivity contribution in [2.45, 2.75) is 57.5 Å². The van der Waals surface area contributed by atoms with E-state index in [0.29, 0.717) is 5.65 Å². The van der Waals surface area contributed by atoms with Crippen molar-refractivity contribution in [2.24, 2.45) is 0 Å². The van der Waals surface area contributed by atoms with Gasteiger partial charge in [0.25, 0.3) is 0 Å². The molecule has 2 aromatic heterocycles. The van der Waals surface area contributed by atoms with E-state index in [-0.39, 0.29) is 29.7 Å². The van der Waals surface area contributed by atoms with E-state index in [9.17, 15) is 9.90 Å². The van der Waals surface area contributed by atoms with Crippen molar-refractivity contribution < 1.29 is 9.90 Å². The monoisotopic (exact) mass is 394 g/mol. The Balaban J connectivity index is 1.59. The number of nitrogens with zero attached hydrogens (tertiary/aromatic N) is 4. The van der Waals surface area contributed by atoms with Gasteiger partial charge in [-0.25, -0.2) is 0 Å². The second-order valence-electron chi connectivity index (χ2n) is 7.70. The fourth-order valence-corrected chi connectivity index (χ4v) is 3.99. The number of hydrogen-bond acceptors (Lipinski definition) is 6. The molecular formula is C21H26N6O2. The summed E-state index contributed by atoms with van der Waals surface area (Å²) in [6.45, 7) is 3.60. The van der Waals surface area contributed by atoms with E-state index in [1.165, 1.54) is 0 Å². The van der Waals surface area contributed by atoms with Crippen LogP contribution < -0.4 is 10.6 Å². The molecule has 1 aromatic carbocycles. The number of hydrogen-bond donors (Lipinski definition) is 3. The second kappa shape index (κ2) is 8.06. The fourth-order valence-electron chi connectivity index (χ4n) is 3.99. The van der Waals surface area contributed by atoms with Crippen LogP contribution in [-0.4, -0.2) is 42.9 Å². The summed E-state index contributed by atoms with van der Waals surface area (Å²) in [5, 5.41) is 29.4. The summed E-state index contributed by atoms with van der Waals surface area (Å²) in [5.41, 5.74) is 1.70. The normalized spacial score (nSPS) is 20.3. The molecule has 0 bridgehead atoms. The smallest absolute Gasteiger partial charge is 0.217 e. The largest absolute Gasteiger partial charge is 0.508 e. The highest BCUT2D eigenvalue weighted by atomic mass is 16.3. The molecular weight excluding hydrogens is 368 g/mol. The zero-order valence-electron chi connectivity index (χ0n) is 16.7. The summed E-state index contributed by atoms with van der Waals surface area (Å²) >= 11 is 0. The van der Waals surface area contributed by atoms with Crippen LogP contribution in [0.25, 0.3) is 5.65 Å². The number of fused-ring (bicyclic) bond motifs is 1. The van der Waals surface area contributed by atoms with Crippen LogP contribution in [0.1, 0.15) is 56.8 Å². The van der Waals surface area contributed by atoms with Gasteiger partial charge in [0, 0.05) is 24.9 Å². The van der Waals surface area contributed by atoms with Gasteiger partial charge in [-0.1, -0.05) is 31.9 Å². The van der Waals surface area contributed by atoms with Gasteiger partial charge in [-0.05, 0) is 42.7 Å². The molecule has 1 aliphatic rings. The molecule has 0 unspecified atom stereocenters. The van der Waals surface area contributed by atoms with Crippen LogP contribution in [0.5, 0.6) is 5.75 Å². The molecule has 0 radical (unpaired) electrons. The van der Waals surface area contributed by atoms with Gasteiger partial charge in [0.05, 0.1) is 0 Å². The topological polar surface area (TPSA) is 104 Å². The number of anilines is 1. The van der Waals surface area contributed by atoms with Crippen molar-refractivity contribution in [1.29, 1.82) is 0 Å². The van der Waals surface area contributed by atoms with E-state index in [1.807, 2.05) is 31.2 Å². The average Bonchev–Trinajstić information content (AvgIpc) is 3.12. The number of carbonyl (C=O) groups is 1. The second-order valence-corrected chi connectivity index (χ2v) is 7.70. The zero-order chi connectivity index (χ0) is 20.4. The number of phenols is 1. The van der Waals surface area contributed by atoms with Gasteiger partial charge in [0.15, 0.2) is 11.5 Å². The summed E-state index contributed by atoms with van der Waals surface area (Å²) < 4.78 is 1.76. The predicted octanol–water partition coefficient (Wildman–Crippen LogP) is 2.84. The molecule has 3 aromatic rings. The quantitative estimate of drug-likeness (QED) is 0.615. The first-order chi connectivity index (χ1) is 14.0. The summed E-state index contributed by atoms with van der Waals surface area (Å²) in [6, 6.07) is 11.1. The number of phenolic OH excluding ortho intramolecular Hbond substituents is 1. The maximum absolute atomic E-state index is 11.5. The van der Waals surface area contributed by atoms with Crippen molar-refractivity contribution in [3.63, 3.8) is 0 Å². The predicted molar refractivity (Wildman–Crippen MR) is 110 cm³/mol. The molecule has 1 amide bonds. The number of aromatic nitrogens is 4. The van der Waals surface area contributed by atoms with Gasteiger partial charge in [-0.2, -0.15) is 4.52 Å². The van der Waals surface area contributed by atoms with Crippen molar-refractivity contribution in [1.82, 2.24) is 25.1 Å². The molecule has 152 valence electrons. The molecule has 0 saturated heterocycles. The summed E-state index contributed by atoms with van der Waals surface area (Å²) in [4.78, 5) is 11.5. The van der Waals surface area contributed by atoms with E-state index in [0.717, 1.165) is 42.9 Å². The Morgan fingerprint density at radius 1 is 1.10 bits per heavy atom. The maximum atomic E-state index is 11.5. The summed E-state index contributed by atoms with van der Waals surface area (Å²) in [6.07, 6.45) is 4.21. The third kappa shape index (κ3) is 4.16. The Labute approximate surface area is 169 Å². The van der Waals surface area contributed by atoms with Crippen molar-refractivity contribution in [3.05, 3.63) is 47.8 Å². The fraction of sp³-hybridized carbons (Fsp3) is 0.429. The molecule has 3 N–H and O–H groups in total. The molecule has 8 nitrogen and oxygen atoms in total. The first-order valence-corrected chi connectivity index (χ1v) is 10.1. The first-order valence-electron chi connectivity index (χ1n) is 10.1. The third-order valence-corrected chi connectivity index (χ3v) is 5.56. The van der Waals surface area contributed by atoms with Crippen LogP contribution >= 0.6 is 0 Å². The molecule has 2 heterocycles. The highest BCUT2D eigenvalue weighted by Gasteiger charge is 2.26. The Bertz CT molecular complexity index is 1000. The molecule has 29 heavy (non-hydrogen) atoms. The van der Waals surface area contributed by atoms with Gasteiger partial charge in [0.1, 0.15) is 11.6 Å². The van der Waals surface area contributed by atoms with Crippen LogP contribution in [0.4, 0.5) is 5.82 Å². The lowest BCUT2D eigenvalue weighted by Crippen LogP contribution is -2.48. The lowest BCUT2D eigenvalue weighted by Gasteiger charge is -2.32. The maximum Gasteiger partial charge on any atom is 0.217 e. The Morgan fingerprint density at radius 3 is 2.55 bits per heavy atom. The minimum absolute atomic E-state index is 0.00377. The highest BCUT2D eigenvalue weighted by Crippen LogP contribution is 2.26. The lowest BCUT2D eigenvalue weighted by atomic mass is 9.90. The Hall–Kier alpha value is -3.16. The van der Waals surface area contributed by atoms with E-state index in [2.05, 4.69) is 20.8 Å². The minimum atomic E-state index is -0.0323. The van der Waals surface area contributed by atoms with Crippen molar-refractivity contribution >= 4 is 17.4 Å². The number of nitrogens with one attached hydrogen (secondary N) is 2. The van der Waals surface area contributed by atoms with Gasteiger partial charge < -0.3 is 15.7 Å². The summed E-state index contributed by atoms with van der Waals surface area (Å²) in [7, 11) is 0. The van der Waals surface area contributed by atoms with E-state index in [1.54, 1.807) is 23.6 Å². The minimum Gasteiger partial charge on any atom is -0.508 e. The van der Waals surface area contributed by atoms with Gasteiger partial charge in [0.2, 0.25) is 5.91 Å². The van der Waals surface area contributed by atoms with E-state index >= 15 is 0 Å². The first kappa shape index (κ1) is 19.2. The van der Waals surface area contributed by atoms with Gasteiger partial charge >= 0.3 is 0 Å². The number of rotatable bonds is 5. The highest BCUT2D eigenvalue weighted by molar-refractivity contribution is 5.73. The number of aromatic hydroxyl groups is 1. The average molecular weight is 394 g/mol.